The van der Waals surface area contributed by atoms with Crippen molar-refractivity contribution in [3.8, 4) is 5.69 Å². The molecule has 1 aliphatic heterocycles. The van der Waals surface area contributed by atoms with E-state index >= 15 is 0 Å². The maximum absolute atomic E-state index is 14.8. The molecule has 6 rings (SSSR count). The zero-order valence-corrected chi connectivity index (χ0v) is 30.0. The largest absolute Gasteiger partial charge is 0.412 e. The van der Waals surface area contributed by atoms with Crippen LogP contribution in [0.3, 0.4) is 0 Å². The Morgan fingerprint density at radius 2 is 1.46 bits per heavy atom. The molecule has 0 saturated heterocycles. The fourth-order valence-electron chi connectivity index (χ4n) is 7.07. The van der Waals surface area contributed by atoms with E-state index in [4.69, 9.17) is 4.43 Å². The number of alkyl halides is 3. The molecule has 0 spiro atoms. The van der Waals surface area contributed by atoms with Gasteiger partial charge in [0.2, 0.25) is 0 Å². The number of anilines is 1. The Morgan fingerprint density at radius 1 is 0.885 bits per heavy atom. The Kier molecular flexibility index (Phi) is 9.70. The van der Waals surface area contributed by atoms with Crippen molar-refractivity contribution in [2.24, 2.45) is 0 Å². The number of nitrogens with zero attached hydrogens (tertiary/aromatic N) is 4. The number of halogens is 5. The molecular weight excluding hydrogens is 696 g/mol. The first-order valence-corrected chi connectivity index (χ1v) is 18.6. The molecule has 0 radical (unpaired) electrons. The van der Waals surface area contributed by atoms with E-state index in [2.05, 4.69) is 32.4 Å². The zero-order valence-electron chi connectivity index (χ0n) is 29.0. The van der Waals surface area contributed by atoms with Gasteiger partial charge >= 0.3 is 11.9 Å². The van der Waals surface area contributed by atoms with Gasteiger partial charge in [-0.05, 0) is 58.2 Å². The lowest BCUT2D eigenvalue weighted by molar-refractivity contribution is -0.0953. The summed E-state index contributed by atoms with van der Waals surface area (Å²) >= 11 is 0. The second kappa shape index (κ2) is 13.8. The first kappa shape index (κ1) is 36.6. The van der Waals surface area contributed by atoms with Crippen LogP contribution in [0.1, 0.15) is 55.4 Å². The number of fused-ring (bicyclic) bond motifs is 1. The molecule has 4 aromatic carbocycles. The highest BCUT2D eigenvalue weighted by atomic mass is 28.4. The van der Waals surface area contributed by atoms with Crippen molar-refractivity contribution in [2.45, 2.75) is 58.0 Å². The Labute approximate surface area is 298 Å². The van der Waals surface area contributed by atoms with Gasteiger partial charge in [0.15, 0.2) is 5.82 Å². The molecule has 1 aliphatic rings. The number of rotatable bonds is 9. The number of aromatic nitrogens is 3. The van der Waals surface area contributed by atoms with E-state index in [1.165, 1.54) is 22.8 Å². The fraction of sp³-hybridized carbons (Fsp3) is 0.256. The third-order valence-electron chi connectivity index (χ3n) is 9.58. The molecule has 5 aromatic rings. The first-order chi connectivity index (χ1) is 24.6. The SMILES string of the molecule is C=C(C1CN(c2c(F)cccc2F)C(=O)c2ccc(-n3nc(CO[Si](c4ccccc4)(c4ccccc4)C(C)(C)C)n(CC)c3=O)cc21)C(F)(F)F. The van der Waals surface area contributed by atoms with Gasteiger partial charge in [-0.2, -0.15) is 17.9 Å². The Bertz CT molecular complexity index is 2130. The van der Waals surface area contributed by atoms with Crippen LogP contribution in [0.4, 0.5) is 27.6 Å². The number of hydrogen-bond acceptors (Lipinski definition) is 4. The van der Waals surface area contributed by atoms with E-state index in [-0.39, 0.29) is 35.0 Å². The standard InChI is InChI=1S/C39H37F5N4O3Si/c1-6-46-34(24-51-52(38(3,4)5,27-14-9-7-10-15-27)28-16-11-8-12-17-28)45-48(37(46)50)26-20-21-29-30(22-26)31(25(2)39(42,43)44)23-47(36(29)49)35-32(40)18-13-19-33(35)41/h7-22,31H,2,6,23-24H2,1,3-5H3. The first-order valence-electron chi connectivity index (χ1n) is 16.7. The van der Waals surface area contributed by atoms with E-state index in [1.807, 2.05) is 60.7 Å². The van der Waals surface area contributed by atoms with Crippen LogP contribution in [-0.4, -0.2) is 41.3 Å². The summed E-state index contributed by atoms with van der Waals surface area (Å²) in [7, 11) is -3.04. The van der Waals surface area contributed by atoms with Crippen LogP contribution in [0.2, 0.25) is 5.04 Å². The second-order valence-electron chi connectivity index (χ2n) is 13.6. The van der Waals surface area contributed by atoms with Crippen LogP contribution in [0.5, 0.6) is 0 Å². The molecule has 1 amide bonds. The summed E-state index contributed by atoms with van der Waals surface area (Å²) in [6.07, 6.45) is -4.90. The third-order valence-corrected chi connectivity index (χ3v) is 14.6. The molecule has 52 heavy (non-hydrogen) atoms. The smallest absolute Gasteiger partial charge is 0.400 e. The second-order valence-corrected chi connectivity index (χ2v) is 17.9. The normalized spacial score (nSPS) is 15.1. The molecule has 7 nitrogen and oxygen atoms in total. The monoisotopic (exact) mass is 732 g/mol. The minimum atomic E-state index is -4.90. The van der Waals surface area contributed by atoms with E-state index in [9.17, 15) is 31.5 Å². The van der Waals surface area contributed by atoms with Gasteiger partial charge in [0.05, 0.1) is 12.3 Å². The van der Waals surface area contributed by atoms with Crippen molar-refractivity contribution in [2.75, 3.05) is 11.4 Å². The van der Waals surface area contributed by atoms with Crippen molar-refractivity contribution in [3.05, 3.63) is 148 Å². The summed E-state index contributed by atoms with van der Waals surface area (Å²) < 4.78 is 81.7. The highest BCUT2D eigenvalue weighted by Crippen LogP contribution is 2.43. The van der Waals surface area contributed by atoms with Crippen LogP contribution in [0.15, 0.2) is 114 Å². The van der Waals surface area contributed by atoms with Crippen molar-refractivity contribution in [1.82, 2.24) is 14.3 Å². The molecule has 0 N–H and O–H groups in total. The van der Waals surface area contributed by atoms with Gasteiger partial charge in [0.1, 0.15) is 17.3 Å². The van der Waals surface area contributed by atoms with Crippen molar-refractivity contribution >= 4 is 30.3 Å². The minimum absolute atomic E-state index is 0.0521. The summed E-state index contributed by atoms with van der Waals surface area (Å²) in [4.78, 5) is 28.2. The lowest BCUT2D eigenvalue weighted by Crippen LogP contribution is -2.66. The lowest BCUT2D eigenvalue weighted by atomic mass is 9.83. The molecule has 0 saturated carbocycles. The highest BCUT2D eigenvalue weighted by molar-refractivity contribution is 6.99. The average molecular weight is 733 g/mol. The minimum Gasteiger partial charge on any atom is -0.400 e. The van der Waals surface area contributed by atoms with Gasteiger partial charge in [-0.1, -0.05) is 94.1 Å². The Hall–Kier alpha value is -5.14. The highest BCUT2D eigenvalue weighted by Gasteiger charge is 2.50. The van der Waals surface area contributed by atoms with Gasteiger partial charge in [-0.15, -0.1) is 5.10 Å². The molecule has 0 aliphatic carbocycles. The maximum atomic E-state index is 14.8. The Balaban J connectivity index is 1.44. The van der Waals surface area contributed by atoms with E-state index in [1.54, 1.807) is 6.92 Å². The van der Waals surface area contributed by atoms with Crippen LogP contribution in [0.25, 0.3) is 5.69 Å². The maximum Gasteiger partial charge on any atom is 0.412 e. The molecular formula is C39H37F5N4O3Si. The summed E-state index contributed by atoms with van der Waals surface area (Å²) in [5.74, 6) is -4.41. The molecule has 1 unspecified atom stereocenters. The summed E-state index contributed by atoms with van der Waals surface area (Å²) in [5, 5.41) is 6.31. The van der Waals surface area contributed by atoms with Gasteiger partial charge < -0.3 is 9.33 Å². The molecule has 0 bridgehead atoms. The molecule has 0 fully saturated rings. The van der Waals surface area contributed by atoms with Crippen molar-refractivity contribution < 1.29 is 31.2 Å². The van der Waals surface area contributed by atoms with Crippen LogP contribution in [0, 0.1) is 11.6 Å². The number of benzene rings is 4. The van der Waals surface area contributed by atoms with Gasteiger partial charge in [-0.3, -0.25) is 9.36 Å². The van der Waals surface area contributed by atoms with Crippen molar-refractivity contribution in [1.29, 1.82) is 0 Å². The molecule has 2 heterocycles. The number of hydrogen-bond donors (Lipinski definition) is 0. The van der Waals surface area contributed by atoms with Gasteiger partial charge in [0.25, 0.3) is 14.2 Å². The summed E-state index contributed by atoms with van der Waals surface area (Å²) in [6.45, 7) is 10.8. The quantitative estimate of drug-likeness (QED) is 0.0909. The summed E-state index contributed by atoms with van der Waals surface area (Å²) in [6, 6.07) is 26.7. The van der Waals surface area contributed by atoms with E-state index in [0.717, 1.165) is 33.3 Å². The molecule has 1 aromatic heterocycles. The molecule has 1 atom stereocenters. The lowest BCUT2D eigenvalue weighted by Gasteiger charge is -2.42. The van der Waals surface area contributed by atoms with Crippen molar-refractivity contribution in [3.63, 3.8) is 0 Å². The molecule has 270 valence electrons. The number of carbonyl (C=O) groups is 1. The van der Waals surface area contributed by atoms with E-state index < -0.39 is 61.4 Å². The Morgan fingerprint density at radius 3 is 1.98 bits per heavy atom. The predicted octanol–water partition coefficient (Wildman–Crippen LogP) is 7.27. The number of para-hydroxylation sites is 1. The third kappa shape index (κ3) is 6.32. The topological polar surface area (TPSA) is 69.4 Å². The zero-order chi connectivity index (χ0) is 37.6. The van der Waals surface area contributed by atoms with Crippen LogP contribution < -0.4 is 21.0 Å². The van der Waals surface area contributed by atoms with Gasteiger partial charge in [0, 0.05) is 30.1 Å². The predicted molar refractivity (Wildman–Crippen MR) is 192 cm³/mol. The van der Waals surface area contributed by atoms with Crippen LogP contribution >= 0.6 is 0 Å². The average Bonchev–Trinajstić information content (AvgIpc) is 3.43. The summed E-state index contributed by atoms with van der Waals surface area (Å²) in [5.41, 5.74) is -2.75. The van der Waals surface area contributed by atoms with Crippen LogP contribution in [-0.2, 0) is 17.6 Å². The number of carbonyl (C=O) groups excluding carboxylic acids is 1. The van der Waals surface area contributed by atoms with E-state index in [0.29, 0.717) is 10.7 Å². The fourth-order valence-corrected chi connectivity index (χ4v) is 11.6. The molecule has 13 heteroatoms. The number of amides is 1. The van der Waals surface area contributed by atoms with Gasteiger partial charge in [-0.25, -0.2) is 13.6 Å².